The van der Waals surface area contributed by atoms with Crippen molar-refractivity contribution in [3.63, 3.8) is 0 Å². The number of halogens is 1. The van der Waals surface area contributed by atoms with Crippen molar-refractivity contribution in [1.29, 1.82) is 0 Å². The predicted molar refractivity (Wildman–Crippen MR) is 141 cm³/mol. The second kappa shape index (κ2) is 10.1. The molecule has 2 heterocycles. The molecule has 0 saturated carbocycles. The number of methoxy groups -OCH3 is 3. The van der Waals surface area contributed by atoms with E-state index in [1.165, 1.54) is 0 Å². The minimum Gasteiger partial charge on any atom is -0.497 e. The van der Waals surface area contributed by atoms with E-state index in [-0.39, 0.29) is 11.9 Å². The van der Waals surface area contributed by atoms with Crippen LogP contribution in [0.1, 0.15) is 33.2 Å². The lowest BCUT2D eigenvalue weighted by molar-refractivity contribution is 0.0746. The Morgan fingerprint density at radius 3 is 2.31 bits per heavy atom. The van der Waals surface area contributed by atoms with Crippen molar-refractivity contribution in [2.24, 2.45) is 0 Å². The number of benzene rings is 3. The Balaban J connectivity index is 1.51. The van der Waals surface area contributed by atoms with Crippen molar-refractivity contribution in [2.75, 3.05) is 27.9 Å². The Labute approximate surface area is 218 Å². The number of hydrogen-bond donors (Lipinski definition) is 1. The van der Waals surface area contributed by atoms with Crippen LogP contribution in [-0.4, -0.2) is 48.9 Å². The Bertz CT molecular complexity index is 1380. The third-order valence-corrected chi connectivity index (χ3v) is 7.03. The summed E-state index contributed by atoms with van der Waals surface area (Å²) in [5, 5.41) is 7.57. The minimum atomic E-state index is -0.267. The standard InChI is InChI=1S/C28H26BrN3O4/c1-34-21-11-7-18(8-12-21)25-24-26(31-30-25)28(33)32(27(24)19-5-9-20(29)10-6-19)15-14-17-4-13-22(35-2)23(16-17)36-3/h4-13,16,27H,14-15H2,1-3H3,(H,30,31). The van der Waals surface area contributed by atoms with Gasteiger partial charge in [-0.2, -0.15) is 5.10 Å². The number of fused-ring (bicyclic) bond motifs is 1. The van der Waals surface area contributed by atoms with E-state index in [9.17, 15) is 4.79 Å². The second-order valence-corrected chi connectivity index (χ2v) is 9.40. The summed E-state index contributed by atoms with van der Waals surface area (Å²) in [5.74, 6) is 2.05. The summed E-state index contributed by atoms with van der Waals surface area (Å²) in [4.78, 5) is 15.5. The summed E-state index contributed by atoms with van der Waals surface area (Å²) in [6, 6.07) is 21.4. The van der Waals surface area contributed by atoms with Gasteiger partial charge in [-0.15, -0.1) is 0 Å². The summed E-state index contributed by atoms with van der Waals surface area (Å²) >= 11 is 3.52. The first kappa shape index (κ1) is 23.9. The van der Waals surface area contributed by atoms with Gasteiger partial charge in [-0.1, -0.05) is 34.1 Å². The van der Waals surface area contributed by atoms with Crippen molar-refractivity contribution in [1.82, 2.24) is 15.1 Å². The zero-order valence-electron chi connectivity index (χ0n) is 20.2. The maximum atomic E-state index is 13.6. The monoisotopic (exact) mass is 547 g/mol. The van der Waals surface area contributed by atoms with Crippen LogP contribution in [-0.2, 0) is 6.42 Å². The lowest BCUT2D eigenvalue weighted by atomic mass is 9.96. The highest BCUT2D eigenvalue weighted by Crippen LogP contribution is 2.43. The molecule has 0 spiro atoms. The molecular formula is C28H26BrN3O4. The largest absolute Gasteiger partial charge is 0.497 e. The van der Waals surface area contributed by atoms with Gasteiger partial charge in [-0.05, 0) is 66.1 Å². The third-order valence-electron chi connectivity index (χ3n) is 6.50. The van der Waals surface area contributed by atoms with E-state index >= 15 is 0 Å². The van der Waals surface area contributed by atoms with E-state index in [0.717, 1.165) is 38.2 Å². The van der Waals surface area contributed by atoms with Gasteiger partial charge in [0, 0.05) is 22.1 Å². The van der Waals surface area contributed by atoms with Crippen LogP contribution in [0.3, 0.4) is 0 Å². The van der Waals surface area contributed by atoms with Crippen molar-refractivity contribution in [2.45, 2.75) is 12.5 Å². The molecule has 1 aliphatic rings. The zero-order valence-corrected chi connectivity index (χ0v) is 21.8. The van der Waals surface area contributed by atoms with E-state index in [0.29, 0.717) is 30.2 Å². The van der Waals surface area contributed by atoms with E-state index in [1.807, 2.05) is 71.6 Å². The molecule has 1 unspecified atom stereocenters. The SMILES string of the molecule is COc1ccc(-c2n[nH]c3c2C(c2ccc(Br)cc2)N(CCc2ccc(OC)c(OC)c2)C3=O)cc1. The highest BCUT2D eigenvalue weighted by molar-refractivity contribution is 9.10. The summed E-state index contributed by atoms with van der Waals surface area (Å²) in [5.41, 5.74) is 5.18. The maximum Gasteiger partial charge on any atom is 0.273 e. The quantitative estimate of drug-likeness (QED) is 0.308. The van der Waals surface area contributed by atoms with Crippen LogP contribution in [0.25, 0.3) is 11.3 Å². The van der Waals surface area contributed by atoms with E-state index in [2.05, 4.69) is 26.1 Å². The molecule has 1 aliphatic heterocycles. The summed E-state index contributed by atoms with van der Waals surface area (Å²) in [6.07, 6.45) is 0.661. The van der Waals surface area contributed by atoms with E-state index in [1.54, 1.807) is 21.3 Å². The molecule has 0 radical (unpaired) electrons. The summed E-state index contributed by atoms with van der Waals surface area (Å²) in [6.45, 7) is 0.527. The summed E-state index contributed by atoms with van der Waals surface area (Å²) < 4.78 is 17.1. The van der Waals surface area contributed by atoms with Gasteiger partial charge in [0.1, 0.15) is 11.4 Å². The Morgan fingerprint density at radius 2 is 1.64 bits per heavy atom. The second-order valence-electron chi connectivity index (χ2n) is 8.48. The number of rotatable bonds is 8. The Morgan fingerprint density at radius 1 is 0.917 bits per heavy atom. The molecule has 0 fully saturated rings. The summed E-state index contributed by atoms with van der Waals surface area (Å²) in [7, 11) is 4.88. The topological polar surface area (TPSA) is 76.7 Å². The number of nitrogens with zero attached hydrogens (tertiary/aromatic N) is 2. The molecule has 8 heteroatoms. The van der Waals surface area contributed by atoms with Gasteiger partial charge in [-0.3, -0.25) is 9.89 Å². The number of ether oxygens (including phenoxy) is 3. The molecule has 1 amide bonds. The molecule has 3 aromatic carbocycles. The first-order chi connectivity index (χ1) is 17.5. The van der Waals surface area contributed by atoms with Crippen LogP contribution < -0.4 is 14.2 Å². The average molecular weight is 548 g/mol. The Hall–Kier alpha value is -3.78. The fourth-order valence-electron chi connectivity index (χ4n) is 4.67. The molecule has 5 rings (SSSR count). The maximum absolute atomic E-state index is 13.6. The van der Waals surface area contributed by atoms with Crippen LogP contribution in [0, 0.1) is 0 Å². The molecule has 1 N–H and O–H groups in total. The van der Waals surface area contributed by atoms with Gasteiger partial charge in [0.25, 0.3) is 5.91 Å². The van der Waals surface area contributed by atoms with Gasteiger partial charge in [0.05, 0.1) is 33.1 Å². The van der Waals surface area contributed by atoms with Gasteiger partial charge in [0.15, 0.2) is 11.5 Å². The van der Waals surface area contributed by atoms with Crippen LogP contribution in [0.15, 0.2) is 71.2 Å². The fourth-order valence-corrected chi connectivity index (χ4v) is 4.94. The van der Waals surface area contributed by atoms with Crippen LogP contribution in [0.5, 0.6) is 17.2 Å². The molecular weight excluding hydrogens is 522 g/mol. The average Bonchev–Trinajstić information content (AvgIpc) is 3.46. The number of nitrogens with one attached hydrogen (secondary N) is 1. The van der Waals surface area contributed by atoms with Gasteiger partial charge >= 0.3 is 0 Å². The van der Waals surface area contributed by atoms with Gasteiger partial charge in [-0.25, -0.2) is 0 Å². The van der Waals surface area contributed by atoms with Crippen LogP contribution >= 0.6 is 15.9 Å². The predicted octanol–water partition coefficient (Wildman–Crippen LogP) is 5.65. The van der Waals surface area contributed by atoms with E-state index in [4.69, 9.17) is 14.2 Å². The van der Waals surface area contributed by atoms with Gasteiger partial charge < -0.3 is 19.1 Å². The van der Waals surface area contributed by atoms with Crippen molar-refractivity contribution < 1.29 is 19.0 Å². The molecule has 184 valence electrons. The van der Waals surface area contributed by atoms with Crippen LogP contribution in [0.2, 0.25) is 0 Å². The molecule has 1 atom stereocenters. The number of amides is 1. The highest BCUT2D eigenvalue weighted by Gasteiger charge is 2.41. The number of aromatic amines is 1. The number of hydrogen-bond acceptors (Lipinski definition) is 5. The molecule has 0 aliphatic carbocycles. The smallest absolute Gasteiger partial charge is 0.273 e. The van der Waals surface area contributed by atoms with Crippen molar-refractivity contribution in [3.8, 4) is 28.5 Å². The first-order valence-corrected chi connectivity index (χ1v) is 12.3. The lowest BCUT2D eigenvalue weighted by Crippen LogP contribution is -2.31. The Kier molecular flexibility index (Phi) is 6.69. The fraction of sp³-hybridized carbons (Fsp3) is 0.214. The van der Waals surface area contributed by atoms with Crippen molar-refractivity contribution >= 4 is 21.8 Å². The molecule has 1 aromatic heterocycles. The first-order valence-electron chi connectivity index (χ1n) is 11.5. The number of carbonyl (C=O) groups excluding carboxylic acids is 1. The molecule has 0 bridgehead atoms. The molecule has 7 nitrogen and oxygen atoms in total. The molecule has 4 aromatic rings. The van der Waals surface area contributed by atoms with Gasteiger partial charge in [0.2, 0.25) is 0 Å². The highest BCUT2D eigenvalue weighted by atomic mass is 79.9. The minimum absolute atomic E-state index is 0.0642. The number of aromatic nitrogens is 2. The van der Waals surface area contributed by atoms with Crippen molar-refractivity contribution in [3.05, 3.63) is 93.6 Å². The normalized spacial score (nSPS) is 14.6. The zero-order chi connectivity index (χ0) is 25.2. The lowest BCUT2D eigenvalue weighted by Gasteiger charge is -2.26. The number of H-pyrrole nitrogens is 1. The van der Waals surface area contributed by atoms with Crippen LogP contribution in [0.4, 0.5) is 0 Å². The number of carbonyl (C=O) groups is 1. The third kappa shape index (κ3) is 4.33. The molecule has 0 saturated heterocycles. The molecule has 36 heavy (non-hydrogen) atoms. The van der Waals surface area contributed by atoms with E-state index < -0.39 is 0 Å².